The Kier molecular flexibility index (Phi) is 4.28. The molecule has 2 N–H and O–H groups in total. The van der Waals surface area contributed by atoms with Gasteiger partial charge in [-0.1, -0.05) is 41.4 Å². The summed E-state index contributed by atoms with van der Waals surface area (Å²) in [5.41, 5.74) is 0.0659. The molecule has 0 saturated carbocycles. The maximum Gasteiger partial charge on any atom is 0.337 e. The fourth-order valence-corrected chi connectivity index (χ4v) is 2.51. The number of carboxylic acids is 1. The van der Waals surface area contributed by atoms with Crippen molar-refractivity contribution in [3.8, 4) is 11.1 Å². The van der Waals surface area contributed by atoms with E-state index in [1.165, 1.54) is 12.1 Å². The summed E-state index contributed by atoms with van der Waals surface area (Å²) in [5, 5.41) is 19.0. The standard InChI is InChI=1S/C14H9Cl2FO3/c15-8-4-2-5-9(16)11(8)7-3-1-6-10(17)12(7)13(18)14(19)20/h1-6,13,18H,(H,19,20). The van der Waals surface area contributed by atoms with E-state index in [2.05, 4.69) is 0 Å². The third kappa shape index (κ3) is 2.63. The van der Waals surface area contributed by atoms with Gasteiger partial charge in [0, 0.05) is 21.2 Å². The first-order chi connectivity index (χ1) is 9.43. The van der Waals surface area contributed by atoms with Crippen molar-refractivity contribution in [3.63, 3.8) is 0 Å². The van der Waals surface area contributed by atoms with Crippen LogP contribution < -0.4 is 0 Å². The van der Waals surface area contributed by atoms with Crippen molar-refractivity contribution >= 4 is 29.2 Å². The van der Waals surface area contributed by atoms with Crippen molar-refractivity contribution in [3.05, 3.63) is 57.8 Å². The van der Waals surface area contributed by atoms with Crippen molar-refractivity contribution < 1.29 is 19.4 Å². The number of halogens is 3. The van der Waals surface area contributed by atoms with Crippen LogP contribution in [0.3, 0.4) is 0 Å². The van der Waals surface area contributed by atoms with Gasteiger partial charge in [-0.2, -0.15) is 0 Å². The normalized spacial score (nSPS) is 12.2. The molecule has 0 spiro atoms. The quantitative estimate of drug-likeness (QED) is 0.902. The fourth-order valence-electron chi connectivity index (χ4n) is 1.91. The van der Waals surface area contributed by atoms with E-state index in [-0.39, 0.29) is 26.7 Å². The summed E-state index contributed by atoms with van der Waals surface area (Å²) in [6.45, 7) is 0. The lowest BCUT2D eigenvalue weighted by Gasteiger charge is -2.15. The Morgan fingerprint density at radius 3 is 2.20 bits per heavy atom. The number of benzene rings is 2. The molecule has 0 aromatic heterocycles. The van der Waals surface area contributed by atoms with E-state index in [1.54, 1.807) is 18.2 Å². The Labute approximate surface area is 124 Å². The van der Waals surface area contributed by atoms with Gasteiger partial charge in [0.1, 0.15) is 5.82 Å². The molecule has 104 valence electrons. The first-order valence-corrected chi connectivity index (χ1v) is 6.32. The molecule has 0 heterocycles. The van der Waals surface area contributed by atoms with E-state index in [4.69, 9.17) is 28.3 Å². The van der Waals surface area contributed by atoms with Gasteiger partial charge < -0.3 is 10.2 Å². The van der Waals surface area contributed by atoms with Gasteiger partial charge in [0.15, 0.2) is 6.10 Å². The minimum atomic E-state index is -2.00. The van der Waals surface area contributed by atoms with Gasteiger partial charge >= 0.3 is 5.97 Å². The third-order valence-electron chi connectivity index (χ3n) is 2.79. The summed E-state index contributed by atoms with van der Waals surface area (Å²) in [5.74, 6) is -2.40. The van der Waals surface area contributed by atoms with Crippen LogP contribution >= 0.6 is 23.2 Å². The smallest absolute Gasteiger partial charge is 0.337 e. The number of hydrogen-bond donors (Lipinski definition) is 2. The van der Waals surface area contributed by atoms with Crippen molar-refractivity contribution in [1.29, 1.82) is 0 Å². The summed E-state index contributed by atoms with van der Waals surface area (Å²) < 4.78 is 13.9. The first-order valence-electron chi connectivity index (χ1n) is 5.57. The molecule has 0 fully saturated rings. The monoisotopic (exact) mass is 314 g/mol. The van der Waals surface area contributed by atoms with E-state index in [0.29, 0.717) is 0 Å². The van der Waals surface area contributed by atoms with Gasteiger partial charge in [-0.05, 0) is 23.8 Å². The molecule has 0 radical (unpaired) electrons. The molecule has 0 bridgehead atoms. The van der Waals surface area contributed by atoms with E-state index in [1.807, 2.05) is 0 Å². The lowest BCUT2D eigenvalue weighted by atomic mass is 9.95. The molecule has 1 atom stereocenters. The SMILES string of the molecule is O=C(O)C(O)c1c(F)cccc1-c1c(Cl)cccc1Cl. The van der Waals surface area contributed by atoms with Crippen molar-refractivity contribution in [2.45, 2.75) is 6.10 Å². The van der Waals surface area contributed by atoms with Crippen LogP contribution in [0.25, 0.3) is 11.1 Å². The minimum absolute atomic E-state index is 0.149. The van der Waals surface area contributed by atoms with E-state index >= 15 is 0 Å². The van der Waals surface area contributed by atoms with Crippen LogP contribution in [0, 0.1) is 5.82 Å². The molecule has 6 heteroatoms. The maximum absolute atomic E-state index is 13.9. The zero-order valence-corrected chi connectivity index (χ0v) is 11.5. The van der Waals surface area contributed by atoms with E-state index < -0.39 is 17.9 Å². The van der Waals surface area contributed by atoms with Crippen LogP contribution in [-0.2, 0) is 4.79 Å². The van der Waals surface area contributed by atoms with Crippen LogP contribution in [0.15, 0.2) is 36.4 Å². The molecule has 0 aliphatic heterocycles. The van der Waals surface area contributed by atoms with Gasteiger partial charge in [0.05, 0.1) is 0 Å². The Morgan fingerprint density at radius 1 is 1.10 bits per heavy atom. The topological polar surface area (TPSA) is 57.5 Å². The molecule has 2 aromatic rings. The molecule has 0 aliphatic carbocycles. The Morgan fingerprint density at radius 2 is 1.65 bits per heavy atom. The minimum Gasteiger partial charge on any atom is -0.479 e. The lowest BCUT2D eigenvalue weighted by molar-refractivity contribution is -0.147. The van der Waals surface area contributed by atoms with Gasteiger partial charge in [0.2, 0.25) is 0 Å². The second-order valence-corrected chi connectivity index (χ2v) is 4.85. The highest BCUT2D eigenvalue weighted by Gasteiger charge is 2.25. The number of aliphatic hydroxyl groups is 1. The maximum atomic E-state index is 13.9. The van der Waals surface area contributed by atoms with Gasteiger partial charge in [-0.25, -0.2) is 9.18 Å². The number of aliphatic hydroxyl groups excluding tert-OH is 1. The summed E-state index contributed by atoms with van der Waals surface area (Å²) in [7, 11) is 0. The summed E-state index contributed by atoms with van der Waals surface area (Å²) in [6.07, 6.45) is -2.00. The molecule has 0 saturated heterocycles. The summed E-state index contributed by atoms with van der Waals surface area (Å²) >= 11 is 12.1. The van der Waals surface area contributed by atoms with Crippen LogP contribution in [0.5, 0.6) is 0 Å². The molecule has 0 aliphatic rings. The number of aliphatic carboxylic acids is 1. The van der Waals surface area contributed by atoms with Gasteiger partial charge in [-0.15, -0.1) is 0 Å². The summed E-state index contributed by atoms with van der Waals surface area (Å²) in [4.78, 5) is 10.9. The fraction of sp³-hybridized carbons (Fsp3) is 0.0714. The Bertz CT molecular complexity index is 653. The first kappa shape index (κ1) is 14.8. The molecule has 2 rings (SSSR count). The van der Waals surface area contributed by atoms with Crippen LogP contribution in [0.1, 0.15) is 11.7 Å². The highest BCUT2D eigenvalue weighted by atomic mass is 35.5. The van der Waals surface area contributed by atoms with Crippen molar-refractivity contribution in [1.82, 2.24) is 0 Å². The van der Waals surface area contributed by atoms with Gasteiger partial charge in [-0.3, -0.25) is 0 Å². The lowest BCUT2D eigenvalue weighted by Crippen LogP contribution is -2.13. The molecule has 1 unspecified atom stereocenters. The zero-order chi connectivity index (χ0) is 14.9. The van der Waals surface area contributed by atoms with Crippen LogP contribution in [-0.4, -0.2) is 16.2 Å². The highest BCUT2D eigenvalue weighted by molar-refractivity contribution is 6.39. The van der Waals surface area contributed by atoms with Crippen LogP contribution in [0.2, 0.25) is 10.0 Å². The van der Waals surface area contributed by atoms with Crippen LogP contribution in [0.4, 0.5) is 4.39 Å². The third-order valence-corrected chi connectivity index (χ3v) is 3.42. The average Bonchev–Trinajstić information content (AvgIpc) is 2.38. The molecular formula is C14H9Cl2FO3. The Balaban J connectivity index is 2.75. The van der Waals surface area contributed by atoms with Gasteiger partial charge in [0.25, 0.3) is 0 Å². The number of rotatable bonds is 3. The molecule has 2 aromatic carbocycles. The predicted octanol–water partition coefficient (Wildman–Crippen LogP) is 3.92. The van der Waals surface area contributed by atoms with Crippen molar-refractivity contribution in [2.24, 2.45) is 0 Å². The summed E-state index contributed by atoms with van der Waals surface area (Å²) in [6, 6.07) is 8.62. The van der Waals surface area contributed by atoms with Crippen molar-refractivity contribution in [2.75, 3.05) is 0 Å². The molecular weight excluding hydrogens is 306 g/mol. The number of carbonyl (C=O) groups is 1. The molecule has 3 nitrogen and oxygen atoms in total. The second-order valence-electron chi connectivity index (χ2n) is 4.04. The average molecular weight is 315 g/mol. The predicted molar refractivity (Wildman–Crippen MR) is 74.5 cm³/mol. The number of hydrogen-bond acceptors (Lipinski definition) is 2. The van der Waals surface area contributed by atoms with E-state index in [0.717, 1.165) is 6.07 Å². The molecule has 0 amide bonds. The number of carboxylic acid groups (broad SMARTS) is 1. The zero-order valence-electron chi connectivity index (χ0n) is 9.98. The highest BCUT2D eigenvalue weighted by Crippen LogP contribution is 2.39. The largest absolute Gasteiger partial charge is 0.479 e. The molecule has 20 heavy (non-hydrogen) atoms. The Hall–Kier alpha value is -1.62. The van der Waals surface area contributed by atoms with E-state index in [9.17, 15) is 14.3 Å². The second kappa shape index (κ2) is 5.79.